The van der Waals surface area contributed by atoms with Gasteiger partial charge in [0.15, 0.2) is 11.5 Å². The van der Waals surface area contributed by atoms with Crippen LogP contribution in [0.1, 0.15) is 28.3 Å². The normalized spacial score (nSPS) is 12.0. The SMILES string of the molecule is COc1ccc(C(=O)N(C)[C@@H](C)c2nc3ccccc3s2)cc1OC. The lowest BCUT2D eigenvalue weighted by Gasteiger charge is -2.23. The molecule has 3 rings (SSSR count). The highest BCUT2D eigenvalue weighted by Crippen LogP contribution is 2.31. The molecule has 5 nitrogen and oxygen atoms in total. The summed E-state index contributed by atoms with van der Waals surface area (Å²) in [7, 11) is 4.91. The molecule has 0 saturated heterocycles. The first-order valence-electron chi connectivity index (χ1n) is 7.89. The third-order valence-electron chi connectivity index (χ3n) is 4.20. The van der Waals surface area contributed by atoms with E-state index in [0.717, 1.165) is 15.2 Å². The summed E-state index contributed by atoms with van der Waals surface area (Å²) in [6.07, 6.45) is 0. The van der Waals surface area contributed by atoms with E-state index < -0.39 is 0 Å². The van der Waals surface area contributed by atoms with Crippen LogP contribution < -0.4 is 9.47 Å². The maximum Gasteiger partial charge on any atom is 0.254 e. The van der Waals surface area contributed by atoms with Gasteiger partial charge in [-0.3, -0.25) is 4.79 Å². The summed E-state index contributed by atoms with van der Waals surface area (Å²) in [5, 5.41) is 0.914. The van der Waals surface area contributed by atoms with Crippen LogP contribution in [-0.2, 0) is 0 Å². The molecule has 1 aromatic heterocycles. The van der Waals surface area contributed by atoms with Crippen molar-refractivity contribution in [2.24, 2.45) is 0 Å². The molecule has 0 fully saturated rings. The van der Waals surface area contributed by atoms with Crippen molar-refractivity contribution in [3.05, 3.63) is 53.0 Å². The van der Waals surface area contributed by atoms with Gasteiger partial charge in [-0.2, -0.15) is 0 Å². The number of carbonyl (C=O) groups is 1. The number of nitrogens with zero attached hydrogens (tertiary/aromatic N) is 2. The van der Waals surface area contributed by atoms with E-state index in [1.807, 2.05) is 31.2 Å². The average Bonchev–Trinajstić information content (AvgIpc) is 3.09. The van der Waals surface area contributed by atoms with E-state index in [0.29, 0.717) is 17.1 Å². The van der Waals surface area contributed by atoms with E-state index in [2.05, 4.69) is 4.98 Å². The van der Waals surface area contributed by atoms with E-state index in [9.17, 15) is 4.79 Å². The number of aromatic nitrogens is 1. The largest absolute Gasteiger partial charge is 0.493 e. The molecule has 0 radical (unpaired) electrons. The Morgan fingerprint density at radius 3 is 2.52 bits per heavy atom. The Bertz CT molecular complexity index is 874. The molecule has 1 atom stereocenters. The molecule has 2 aromatic carbocycles. The molecule has 0 aliphatic carbocycles. The quantitative estimate of drug-likeness (QED) is 0.689. The minimum atomic E-state index is -0.127. The summed E-state index contributed by atoms with van der Waals surface area (Å²) in [4.78, 5) is 19.2. The van der Waals surface area contributed by atoms with Gasteiger partial charge in [0, 0.05) is 12.6 Å². The van der Waals surface area contributed by atoms with Crippen LogP contribution in [0.3, 0.4) is 0 Å². The van der Waals surface area contributed by atoms with Crippen molar-refractivity contribution in [3.8, 4) is 11.5 Å². The van der Waals surface area contributed by atoms with Crippen LogP contribution in [-0.4, -0.2) is 37.1 Å². The number of carbonyl (C=O) groups excluding carboxylic acids is 1. The molecule has 0 spiro atoms. The molecule has 3 aromatic rings. The number of para-hydroxylation sites is 1. The number of methoxy groups -OCH3 is 2. The van der Waals surface area contributed by atoms with Crippen LogP contribution in [0.2, 0.25) is 0 Å². The van der Waals surface area contributed by atoms with Crippen LogP contribution in [0.5, 0.6) is 11.5 Å². The van der Waals surface area contributed by atoms with Gasteiger partial charge in [-0.05, 0) is 37.3 Å². The topological polar surface area (TPSA) is 51.7 Å². The standard InChI is InChI=1S/C19H20N2O3S/c1-12(18-20-14-7-5-6-8-17(14)25-18)21(2)19(22)13-9-10-15(23-3)16(11-13)24-4/h5-12H,1-4H3/t12-/m0/s1. The number of hydrogen-bond acceptors (Lipinski definition) is 5. The van der Waals surface area contributed by atoms with Gasteiger partial charge in [0.05, 0.1) is 30.5 Å². The molecule has 25 heavy (non-hydrogen) atoms. The first-order chi connectivity index (χ1) is 12.0. The van der Waals surface area contributed by atoms with Crippen molar-refractivity contribution in [3.63, 3.8) is 0 Å². The number of rotatable bonds is 5. The third-order valence-corrected chi connectivity index (χ3v) is 5.41. The van der Waals surface area contributed by atoms with E-state index >= 15 is 0 Å². The summed E-state index contributed by atoms with van der Waals surface area (Å²) >= 11 is 1.61. The highest BCUT2D eigenvalue weighted by atomic mass is 32.1. The summed E-state index contributed by atoms with van der Waals surface area (Å²) in [6.45, 7) is 1.98. The van der Waals surface area contributed by atoms with E-state index in [4.69, 9.17) is 9.47 Å². The van der Waals surface area contributed by atoms with E-state index in [1.54, 1.807) is 55.7 Å². The molecule has 0 N–H and O–H groups in total. The molecule has 0 aliphatic heterocycles. The van der Waals surface area contributed by atoms with E-state index in [-0.39, 0.29) is 11.9 Å². The van der Waals surface area contributed by atoms with Crippen LogP contribution >= 0.6 is 11.3 Å². The van der Waals surface area contributed by atoms with Crippen LogP contribution in [0.25, 0.3) is 10.2 Å². The lowest BCUT2D eigenvalue weighted by atomic mass is 10.1. The Balaban J connectivity index is 1.86. The van der Waals surface area contributed by atoms with E-state index in [1.165, 1.54) is 0 Å². The molecule has 1 heterocycles. The van der Waals surface area contributed by atoms with Crippen LogP contribution in [0.4, 0.5) is 0 Å². The van der Waals surface area contributed by atoms with Gasteiger partial charge < -0.3 is 14.4 Å². The Kier molecular flexibility index (Phi) is 4.90. The fourth-order valence-corrected chi connectivity index (χ4v) is 3.65. The summed E-state index contributed by atoms with van der Waals surface area (Å²) in [5.41, 5.74) is 1.51. The highest BCUT2D eigenvalue weighted by Gasteiger charge is 2.22. The predicted molar refractivity (Wildman–Crippen MR) is 99.7 cm³/mol. The zero-order chi connectivity index (χ0) is 18.0. The maximum absolute atomic E-state index is 12.8. The Morgan fingerprint density at radius 1 is 1.12 bits per heavy atom. The number of hydrogen-bond donors (Lipinski definition) is 0. The number of fused-ring (bicyclic) bond motifs is 1. The first kappa shape index (κ1) is 17.2. The smallest absolute Gasteiger partial charge is 0.254 e. The zero-order valence-corrected chi connectivity index (χ0v) is 15.5. The molecular weight excluding hydrogens is 336 g/mol. The number of amides is 1. The molecule has 0 aliphatic rings. The summed E-state index contributed by atoms with van der Waals surface area (Å²) in [5.74, 6) is 1.04. The van der Waals surface area contributed by atoms with Gasteiger partial charge in [0.2, 0.25) is 0 Å². The molecule has 1 amide bonds. The maximum atomic E-state index is 12.8. The third kappa shape index (κ3) is 3.30. The van der Waals surface area contributed by atoms with Gasteiger partial charge in [-0.15, -0.1) is 11.3 Å². The second kappa shape index (κ2) is 7.11. The van der Waals surface area contributed by atoms with Gasteiger partial charge in [0.25, 0.3) is 5.91 Å². The molecule has 0 bridgehead atoms. The van der Waals surface area contributed by atoms with Crippen molar-refractivity contribution >= 4 is 27.5 Å². The van der Waals surface area contributed by atoms with Crippen molar-refractivity contribution in [1.82, 2.24) is 9.88 Å². The first-order valence-corrected chi connectivity index (χ1v) is 8.71. The van der Waals surface area contributed by atoms with Crippen LogP contribution in [0.15, 0.2) is 42.5 Å². The van der Waals surface area contributed by atoms with Gasteiger partial charge in [-0.1, -0.05) is 12.1 Å². The lowest BCUT2D eigenvalue weighted by molar-refractivity contribution is 0.0742. The Labute approximate surface area is 150 Å². The highest BCUT2D eigenvalue weighted by molar-refractivity contribution is 7.18. The van der Waals surface area contributed by atoms with Crippen molar-refractivity contribution in [1.29, 1.82) is 0 Å². The van der Waals surface area contributed by atoms with Gasteiger partial charge in [-0.25, -0.2) is 4.98 Å². The molecular formula is C19H20N2O3S. The number of ether oxygens (including phenoxy) is 2. The molecule has 0 saturated carbocycles. The molecule has 0 unspecified atom stereocenters. The van der Waals surface area contributed by atoms with Crippen molar-refractivity contribution in [2.45, 2.75) is 13.0 Å². The monoisotopic (exact) mass is 356 g/mol. The van der Waals surface area contributed by atoms with Crippen molar-refractivity contribution in [2.75, 3.05) is 21.3 Å². The van der Waals surface area contributed by atoms with Gasteiger partial charge in [0.1, 0.15) is 5.01 Å². The number of benzene rings is 2. The fourth-order valence-electron chi connectivity index (χ4n) is 2.58. The Morgan fingerprint density at radius 2 is 1.84 bits per heavy atom. The molecule has 6 heteroatoms. The number of thiazole rings is 1. The second-order valence-electron chi connectivity index (χ2n) is 5.68. The lowest BCUT2D eigenvalue weighted by Crippen LogP contribution is -2.29. The van der Waals surface area contributed by atoms with Crippen molar-refractivity contribution < 1.29 is 14.3 Å². The second-order valence-corrected chi connectivity index (χ2v) is 6.74. The van der Waals surface area contributed by atoms with Gasteiger partial charge >= 0.3 is 0 Å². The average molecular weight is 356 g/mol. The summed E-state index contributed by atoms with van der Waals surface area (Å²) in [6, 6.07) is 13.0. The molecule has 130 valence electrons. The predicted octanol–water partition coefficient (Wildman–Crippen LogP) is 4.15. The minimum absolute atomic E-state index is 0.0901. The summed E-state index contributed by atoms with van der Waals surface area (Å²) < 4.78 is 11.6. The fraction of sp³-hybridized carbons (Fsp3) is 0.263. The Hall–Kier alpha value is -2.60. The minimum Gasteiger partial charge on any atom is -0.493 e. The van der Waals surface area contributed by atoms with Crippen LogP contribution in [0, 0.1) is 0 Å². The zero-order valence-electron chi connectivity index (χ0n) is 14.6.